The van der Waals surface area contributed by atoms with Crippen molar-refractivity contribution in [2.45, 2.75) is 0 Å². The number of allylic oxidation sites excluding steroid dienone is 1. The summed E-state index contributed by atoms with van der Waals surface area (Å²) in [4.78, 5) is 16.8. The van der Waals surface area contributed by atoms with Crippen LogP contribution in [0.4, 0.5) is 5.69 Å². The first kappa shape index (κ1) is 18.8. The minimum Gasteiger partial charge on any atom is -0.366 e. The Morgan fingerprint density at radius 3 is 1.77 bits per heavy atom. The van der Waals surface area contributed by atoms with Crippen molar-refractivity contribution in [2.75, 3.05) is 0 Å². The second-order valence-electron chi connectivity index (χ2n) is 7.39. The number of rotatable bonds is 4. The molecule has 1 aliphatic rings. The molecule has 2 N–H and O–H groups in total. The van der Waals surface area contributed by atoms with E-state index in [-0.39, 0.29) is 0 Å². The highest BCUT2D eigenvalue weighted by atomic mass is 16.1. The van der Waals surface area contributed by atoms with Gasteiger partial charge in [0.25, 0.3) is 5.91 Å². The van der Waals surface area contributed by atoms with E-state index in [1.165, 1.54) is 22.3 Å². The number of carbonyl (C=O) groups is 1. The molecule has 0 spiro atoms. The lowest BCUT2D eigenvalue weighted by Crippen LogP contribution is -2.11. The van der Waals surface area contributed by atoms with Gasteiger partial charge in [-0.1, -0.05) is 91.0 Å². The third-order valence-electron chi connectivity index (χ3n) is 5.49. The Bertz CT molecular complexity index is 1300. The van der Waals surface area contributed by atoms with E-state index in [1.807, 2.05) is 42.5 Å². The van der Waals surface area contributed by atoms with Crippen molar-refractivity contribution < 1.29 is 4.79 Å². The van der Waals surface area contributed by atoms with Crippen LogP contribution in [0.2, 0.25) is 0 Å². The number of carbonyl (C=O) groups excluding carboxylic acids is 1. The molecule has 31 heavy (non-hydrogen) atoms. The molecule has 1 aliphatic carbocycles. The lowest BCUT2D eigenvalue weighted by atomic mass is 9.99. The first-order valence-corrected chi connectivity index (χ1v) is 10.2. The van der Waals surface area contributed by atoms with Gasteiger partial charge >= 0.3 is 0 Å². The molecule has 0 radical (unpaired) electrons. The van der Waals surface area contributed by atoms with Gasteiger partial charge in [-0.25, -0.2) is 4.99 Å². The highest BCUT2D eigenvalue weighted by molar-refractivity contribution is 6.18. The Labute approximate surface area is 181 Å². The number of fused-ring (bicyclic) bond motifs is 3. The minimum absolute atomic E-state index is 0.404. The SMILES string of the molecule is NC(=O)c1ccccc1N=C(C=C1c2ccccc2-c2ccccc21)c1ccccc1. The molecule has 4 aromatic carbocycles. The first-order valence-electron chi connectivity index (χ1n) is 10.2. The molecular weight excluding hydrogens is 380 g/mol. The maximum Gasteiger partial charge on any atom is 0.250 e. The lowest BCUT2D eigenvalue weighted by Gasteiger charge is -2.08. The van der Waals surface area contributed by atoms with Gasteiger partial charge in [0.15, 0.2) is 0 Å². The molecule has 0 heterocycles. The number of benzene rings is 4. The van der Waals surface area contributed by atoms with Crippen LogP contribution in [0.5, 0.6) is 0 Å². The molecule has 0 saturated heterocycles. The zero-order chi connectivity index (χ0) is 21.2. The van der Waals surface area contributed by atoms with Crippen molar-refractivity contribution in [1.29, 1.82) is 0 Å². The number of para-hydroxylation sites is 1. The molecule has 1 amide bonds. The Hall–Kier alpha value is -4.24. The summed E-state index contributed by atoms with van der Waals surface area (Å²) in [5, 5.41) is 0. The molecule has 148 valence electrons. The van der Waals surface area contributed by atoms with Crippen LogP contribution in [-0.4, -0.2) is 11.6 Å². The van der Waals surface area contributed by atoms with Gasteiger partial charge in [0, 0.05) is 5.56 Å². The van der Waals surface area contributed by atoms with Gasteiger partial charge in [-0.2, -0.15) is 0 Å². The molecule has 0 atom stereocenters. The molecule has 0 unspecified atom stereocenters. The largest absolute Gasteiger partial charge is 0.366 e. The topological polar surface area (TPSA) is 55.5 Å². The number of amides is 1. The van der Waals surface area contributed by atoms with E-state index in [0.717, 1.165) is 16.8 Å². The van der Waals surface area contributed by atoms with Crippen LogP contribution in [0.25, 0.3) is 16.7 Å². The zero-order valence-corrected chi connectivity index (χ0v) is 16.8. The van der Waals surface area contributed by atoms with E-state index in [2.05, 4.69) is 54.6 Å². The third kappa shape index (κ3) is 3.47. The van der Waals surface area contributed by atoms with Crippen LogP contribution >= 0.6 is 0 Å². The fourth-order valence-corrected chi connectivity index (χ4v) is 4.04. The summed E-state index contributed by atoms with van der Waals surface area (Å²) < 4.78 is 0. The first-order chi connectivity index (χ1) is 15.2. The molecule has 0 fully saturated rings. The summed E-state index contributed by atoms with van der Waals surface area (Å²) in [6.07, 6.45) is 2.11. The fourth-order valence-electron chi connectivity index (χ4n) is 4.04. The maximum absolute atomic E-state index is 11.9. The molecule has 3 heteroatoms. The average molecular weight is 400 g/mol. The van der Waals surface area contributed by atoms with E-state index >= 15 is 0 Å². The average Bonchev–Trinajstić information content (AvgIpc) is 3.13. The highest BCUT2D eigenvalue weighted by Gasteiger charge is 2.23. The summed E-state index contributed by atoms with van der Waals surface area (Å²) in [6.45, 7) is 0. The molecule has 0 saturated carbocycles. The van der Waals surface area contributed by atoms with Gasteiger partial charge in [-0.3, -0.25) is 4.79 Å². The number of hydrogen-bond acceptors (Lipinski definition) is 2. The van der Waals surface area contributed by atoms with Crippen molar-refractivity contribution in [2.24, 2.45) is 10.7 Å². The van der Waals surface area contributed by atoms with Crippen molar-refractivity contribution >= 4 is 22.9 Å². The molecule has 4 aromatic rings. The molecule has 0 aromatic heterocycles. The molecule has 0 bridgehead atoms. The monoisotopic (exact) mass is 400 g/mol. The predicted molar refractivity (Wildman–Crippen MR) is 127 cm³/mol. The van der Waals surface area contributed by atoms with E-state index < -0.39 is 5.91 Å². The fraction of sp³-hybridized carbons (Fsp3) is 0. The van der Waals surface area contributed by atoms with Crippen LogP contribution in [0, 0.1) is 0 Å². The van der Waals surface area contributed by atoms with E-state index in [0.29, 0.717) is 11.3 Å². The van der Waals surface area contributed by atoms with Gasteiger partial charge in [0.1, 0.15) is 0 Å². The van der Waals surface area contributed by atoms with Gasteiger partial charge in [0.05, 0.1) is 17.0 Å². The van der Waals surface area contributed by atoms with Crippen LogP contribution in [-0.2, 0) is 0 Å². The molecular formula is C28H20N2O. The summed E-state index contributed by atoms with van der Waals surface area (Å²) in [6, 6.07) is 34.0. The number of nitrogens with zero attached hydrogens (tertiary/aromatic N) is 1. The Morgan fingerprint density at radius 2 is 1.16 bits per heavy atom. The number of hydrogen-bond donors (Lipinski definition) is 1. The van der Waals surface area contributed by atoms with E-state index in [1.54, 1.807) is 12.1 Å². The molecule has 3 nitrogen and oxygen atoms in total. The minimum atomic E-state index is -0.490. The van der Waals surface area contributed by atoms with Crippen LogP contribution in [0.1, 0.15) is 27.0 Å². The summed E-state index contributed by atoms with van der Waals surface area (Å²) in [5.41, 5.74) is 14.2. The smallest absolute Gasteiger partial charge is 0.250 e. The lowest BCUT2D eigenvalue weighted by molar-refractivity contribution is 0.100. The normalized spacial score (nSPS) is 12.3. The zero-order valence-electron chi connectivity index (χ0n) is 16.8. The second-order valence-corrected chi connectivity index (χ2v) is 7.39. The number of nitrogens with two attached hydrogens (primary N) is 1. The van der Waals surface area contributed by atoms with Crippen molar-refractivity contribution in [3.05, 3.63) is 131 Å². The van der Waals surface area contributed by atoms with Crippen LogP contribution in [0.15, 0.2) is 114 Å². The van der Waals surface area contributed by atoms with Gasteiger partial charge < -0.3 is 5.73 Å². The quantitative estimate of drug-likeness (QED) is 0.369. The van der Waals surface area contributed by atoms with E-state index in [9.17, 15) is 4.79 Å². The van der Waals surface area contributed by atoms with Gasteiger partial charge in [0.2, 0.25) is 0 Å². The molecule has 0 aliphatic heterocycles. The Balaban J connectivity index is 1.75. The van der Waals surface area contributed by atoms with Crippen molar-refractivity contribution in [3.63, 3.8) is 0 Å². The van der Waals surface area contributed by atoms with Gasteiger partial charge in [-0.15, -0.1) is 0 Å². The summed E-state index contributed by atoms with van der Waals surface area (Å²) >= 11 is 0. The maximum atomic E-state index is 11.9. The number of aliphatic imine (C=N–C) groups is 1. The summed E-state index contributed by atoms with van der Waals surface area (Å²) in [5.74, 6) is -0.490. The van der Waals surface area contributed by atoms with Crippen LogP contribution < -0.4 is 5.73 Å². The second kappa shape index (κ2) is 7.88. The standard InChI is InChI=1S/C28H20N2O/c29-28(31)24-16-8-9-17-26(24)30-27(19-10-2-1-3-11-19)18-25-22-14-6-4-12-20(22)21-13-5-7-15-23(21)25/h1-18H,(H2,29,31). The highest BCUT2D eigenvalue weighted by Crippen LogP contribution is 2.44. The Kier molecular flexibility index (Phi) is 4.77. The van der Waals surface area contributed by atoms with Gasteiger partial charge in [-0.05, 0) is 46.0 Å². The van der Waals surface area contributed by atoms with E-state index in [4.69, 9.17) is 10.7 Å². The number of primary amides is 1. The van der Waals surface area contributed by atoms with Crippen molar-refractivity contribution in [1.82, 2.24) is 0 Å². The predicted octanol–water partition coefficient (Wildman–Crippen LogP) is 6.02. The summed E-state index contributed by atoms with van der Waals surface area (Å²) in [7, 11) is 0. The Morgan fingerprint density at radius 1 is 0.645 bits per heavy atom. The van der Waals surface area contributed by atoms with Crippen LogP contribution in [0.3, 0.4) is 0 Å². The third-order valence-corrected chi connectivity index (χ3v) is 5.49. The molecule has 5 rings (SSSR count). The van der Waals surface area contributed by atoms with Crippen molar-refractivity contribution in [3.8, 4) is 11.1 Å².